The van der Waals surface area contributed by atoms with Crippen LogP contribution in [-0.2, 0) is 0 Å². The first kappa shape index (κ1) is 13.5. The van der Waals surface area contributed by atoms with Gasteiger partial charge in [-0.15, -0.1) is 10.2 Å². The molecule has 0 spiro atoms. The van der Waals surface area contributed by atoms with Gasteiger partial charge in [-0.3, -0.25) is 0 Å². The number of aryl methyl sites for hydroxylation is 2. The lowest BCUT2D eigenvalue weighted by atomic mass is 10.1. The number of carbonyl (C=O) groups is 1. The zero-order valence-corrected chi connectivity index (χ0v) is 12.0. The van der Waals surface area contributed by atoms with E-state index in [-0.39, 0.29) is 5.69 Å². The minimum absolute atomic E-state index is 0.0753. The van der Waals surface area contributed by atoms with Crippen LogP contribution in [0, 0.1) is 13.8 Å². The van der Waals surface area contributed by atoms with E-state index < -0.39 is 5.97 Å². The van der Waals surface area contributed by atoms with Crippen LogP contribution < -0.4 is 5.32 Å². The second-order valence-corrected chi connectivity index (χ2v) is 4.95. The third kappa shape index (κ3) is 3.08. The van der Waals surface area contributed by atoms with Crippen molar-refractivity contribution < 1.29 is 9.90 Å². The topological polar surface area (TPSA) is 75.1 Å². The van der Waals surface area contributed by atoms with Crippen LogP contribution in [0.5, 0.6) is 0 Å². The molecule has 0 aliphatic rings. The van der Waals surface area contributed by atoms with E-state index in [1.165, 1.54) is 6.07 Å². The second-order valence-electron chi connectivity index (χ2n) is 4.16. The molecule has 0 aliphatic heterocycles. The fraction of sp³-hybridized carbons (Fsp3) is 0.154. The molecule has 0 bridgehead atoms. The summed E-state index contributed by atoms with van der Waals surface area (Å²) in [6, 6.07) is 6.95. The van der Waals surface area contributed by atoms with Gasteiger partial charge in [-0.2, -0.15) is 0 Å². The minimum atomic E-state index is -1.09. The van der Waals surface area contributed by atoms with Crippen molar-refractivity contribution in [2.75, 3.05) is 5.32 Å². The van der Waals surface area contributed by atoms with E-state index in [1.54, 1.807) is 6.07 Å². The van der Waals surface area contributed by atoms with Crippen molar-refractivity contribution in [1.82, 2.24) is 10.2 Å². The fourth-order valence-corrected chi connectivity index (χ4v) is 1.91. The van der Waals surface area contributed by atoms with E-state index in [4.69, 9.17) is 5.11 Å². The number of carboxylic acids is 1. The Morgan fingerprint density at radius 1 is 1.21 bits per heavy atom. The Morgan fingerprint density at radius 3 is 2.32 bits per heavy atom. The van der Waals surface area contributed by atoms with E-state index >= 15 is 0 Å². The Kier molecular flexibility index (Phi) is 3.80. The summed E-state index contributed by atoms with van der Waals surface area (Å²) < 4.78 is 1.07. The van der Waals surface area contributed by atoms with Crippen LogP contribution in [0.3, 0.4) is 0 Å². The molecule has 0 unspecified atom stereocenters. The van der Waals surface area contributed by atoms with Crippen LogP contribution in [0.1, 0.15) is 21.6 Å². The molecule has 0 saturated heterocycles. The number of carboxylic acid groups (broad SMARTS) is 1. The zero-order chi connectivity index (χ0) is 14.0. The number of hydrogen-bond acceptors (Lipinski definition) is 4. The molecule has 6 heteroatoms. The first-order valence-corrected chi connectivity index (χ1v) is 6.37. The quantitative estimate of drug-likeness (QED) is 0.907. The maximum absolute atomic E-state index is 10.7. The SMILES string of the molecule is Cc1cc(Nc2ccc(C(=O)O)nn2)cc(C)c1Br. The molecule has 2 N–H and O–H groups in total. The monoisotopic (exact) mass is 321 g/mol. The molecule has 0 fully saturated rings. The number of hydrogen-bond donors (Lipinski definition) is 2. The first-order chi connectivity index (χ1) is 8.97. The number of halogens is 1. The molecule has 2 aromatic rings. The number of nitrogens with zero attached hydrogens (tertiary/aromatic N) is 2. The molecule has 0 atom stereocenters. The Labute approximate surface area is 118 Å². The lowest BCUT2D eigenvalue weighted by molar-refractivity contribution is 0.0689. The third-order valence-electron chi connectivity index (χ3n) is 2.59. The van der Waals surface area contributed by atoms with E-state index in [0.717, 1.165) is 21.3 Å². The minimum Gasteiger partial charge on any atom is -0.476 e. The first-order valence-electron chi connectivity index (χ1n) is 5.58. The molecular weight excluding hydrogens is 310 g/mol. The molecular formula is C13H12BrN3O2. The molecule has 1 aromatic heterocycles. The van der Waals surface area contributed by atoms with Gasteiger partial charge in [0.05, 0.1) is 0 Å². The average molecular weight is 322 g/mol. The molecule has 0 radical (unpaired) electrons. The molecule has 0 saturated carbocycles. The molecule has 98 valence electrons. The van der Waals surface area contributed by atoms with Gasteiger partial charge in [0.25, 0.3) is 0 Å². The van der Waals surface area contributed by atoms with Crippen LogP contribution >= 0.6 is 15.9 Å². The smallest absolute Gasteiger partial charge is 0.356 e. The van der Waals surface area contributed by atoms with Crippen LogP contribution in [0.25, 0.3) is 0 Å². The molecule has 0 amide bonds. The molecule has 0 aliphatic carbocycles. The van der Waals surface area contributed by atoms with Crippen LogP contribution in [-0.4, -0.2) is 21.3 Å². The number of nitrogens with one attached hydrogen (secondary N) is 1. The number of aromatic nitrogens is 2. The molecule has 5 nitrogen and oxygen atoms in total. The van der Waals surface area contributed by atoms with Gasteiger partial charge >= 0.3 is 5.97 Å². The predicted octanol–water partition coefficient (Wildman–Crippen LogP) is 3.30. The Bertz CT molecular complexity index is 603. The van der Waals surface area contributed by atoms with Gasteiger partial charge in [-0.05, 0) is 49.2 Å². The van der Waals surface area contributed by atoms with Gasteiger partial charge in [0.15, 0.2) is 11.5 Å². The van der Waals surface area contributed by atoms with Gasteiger partial charge in [-0.25, -0.2) is 4.79 Å². The average Bonchev–Trinajstić information content (AvgIpc) is 2.36. The summed E-state index contributed by atoms with van der Waals surface area (Å²) in [5.74, 6) is -0.583. The highest BCUT2D eigenvalue weighted by molar-refractivity contribution is 9.10. The van der Waals surface area contributed by atoms with Crippen molar-refractivity contribution in [1.29, 1.82) is 0 Å². The summed E-state index contributed by atoms with van der Waals surface area (Å²) in [5, 5.41) is 19.3. The Balaban J connectivity index is 2.24. The van der Waals surface area contributed by atoms with Crippen LogP contribution in [0.15, 0.2) is 28.7 Å². The maximum Gasteiger partial charge on any atom is 0.356 e. The Morgan fingerprint density at radius 2 is 1.84 bits per heavy atom. The van der Waals surface area contributed by atoms with Gasteiger partial charge in [0.2, 0.25) is 0 Å². The summed E-state index contributed by atoms with van der Waals surface area (Å²) in [4.78, 5) is 10.7. The summed E-state index contributed by atoms with van der Waals surface area (Å²) in [6.45, 7) is 4.00. The lowest BCUT2D eigenvalue weighted by Gasteiger charge is -2.09. The Hall–Kier alpha value is -1.95. The fourth-order valence-electron chi connectivity index (χ4n) is 1.68. The number of aromatic carboxylic acids is 1. The molecule has 1 heterocycles. The van der Waals surface area contributed by atoms with Gasteiger partial charge < -0.3 is 10.4 Å². The number of benzene rings is 1. The maximum atomic E-state index is 10.7. The molecule has 19 heavy (non-hydrogen) atoms. The molecule has 1 aromatic carbocycles. The largest absolute Gasteiger partial charge is 0.476 e. The van der Waals surface area contributed by atoms with Crippen molar-refractivity contribution in [2.24, 2.45) is 0 Å². The van der Waals surface area contributed by atoms with Crippen molar-refractivity contribution >= 4 is 33.4 Å². The summed E-state index contributed by atoms with van der Waals surface area (Å²) in [5.41, 5.74) is 3.03. The van der Waals surface area contributed by atoms with E-state index in [1.807, 2.05) is 26.0 Å². The van der Waals surface area contributed by atoms with Gasteiger partial charge in [0.1, 0.15) is 0 Å². The van der Waals surface area contributed by atoms with Crippen molar-refractivity contribution in [3.63, 3.8) is 0 Å². The summed E-state index contributed by atoms with van der Waals surface area (Å²) in [7, 11) is 0. The standard InChI is InChI=1S/C13H12BrN3O2/c1-7-5-9(6-8(2)12(7)14)15-11-4-3-10(13(18)19)16-17-11/h3-6H,1-2H3,(H,15,17)(H,18,19). The predicted molar refractivity (Wildman–Crippen MR) is 75.9 cm³/mol. The number of anilines is 2. The normalized spacial score (nSPS) is 10.3. The lowest BCUT2D eigenvalue weighted by Crippen LogP contribution is -2.03. The third-order valence-corrected chi connectivity index (χ3v) is 3.84. The highest BCUT2D eigenvalue weighted by Crippen LogP contribution is 2.26. The van der Waals surface area contributed by atoms with Crippen LogP contribution in [0.4, 0.5) is 11.5 Å². The van der Waals surface area contributed by atoms with Crippen molar-refractivity contribution in [2.45, 2.75) is 13.8 Å². The summed E-state index contributed by atoms with van der Waals surface area (Å²) in [6.07, 6.45) is 0. The van der Waals surface area contributed by atoms with E-state index in [2.05, 4.69) is 31.4 Å². The van der Waals surface area contributed by atoms with Gasteiger partial charge in [-0.1, -0.05) is 15.9 Å². The van der Waals surface area contributed by atoms with E-state index in [0.29, 0.717) is 5.82 Å². The zero-order valence-electron chi connectivity index (χ0n) is 10.4. The van der Waals surface area contributed by atoms with E-state index in [9.17, 15) is 4.79 Å². The van der Waals surface area contributed by atoms with Crippen molar-refractivity contribution in [3.05, 3.63) is 45.6 Å². The number of rotatable bonds is 3. The summed E-state index contributed by atoms with van der Waals surface area (Å²) >= 11 is 3.50. The highest BCUT2D eigenvalue weighted by Gasteiger charge is 2.06. The second kappa shape index (κ2) is 5.36. The molecule has 2 rings (SSSR count). The van der Waals surface area contributed by atoms with Crippen molar-refractivity contribution in [3.8, 4) is 0 Å². The highest BCUT2D eigenvalue weighted by atomic mass is 79.9. The van der Waals surface area contributed by atoms with Crippen LogP contribution in [0.2, 0.25) is 0 Å². The van der Waals surface area contributed by atoms with Gasteiger partial charge in [0, 0.05) is 10.2 Å².